The summed E-state index contributed by atoms with van der Waals surface area (Å²) in [6.45, 7) is 0. The molecule has 1 saturated carbocycles. The minimum Gasteiger partial charge on any atom is -0.393 e. The lowest BCUT2D eigenvalue weighted by atomic mass is 9.90. The second-order valence-corrected chi connectivity index (χ2v) is 7.48. The number of carbonyl (C=O) groups excluding carboxylic acids is 2. The Kier molecular flexibility index (Phi) is 4.31. The molecule has 1 saturated heterocycles. The van der Waals surface area contributed by atoms with Crippen LogP contribution in [-0.4, -0.2) is 27.0 Å². The van der Waals surface area contributed by atoms with Crippen LogP contribution in [0.4, 0.5) is 0 Å². The molecule has 0 spiro atoms. The van der Waals surface area contributed by atoms with Crippen molar-refractivity contribution in [2.75, 3.05) is 5.88 Å². The summed E-state index contributed by atoms with van der Waals surface area (Å²) in [4.78, 5) is 21.6. The standard InChI is InChI=1S/C10H6Cl6O3/c11-2-4(12)6(13)10(16)5-3(1-9(10,14)15)7(17)19-8(5)18/h3,5H,1-2H2/b6-4-. The van der Waals surface area contributed by atoms with E-state index in [2.05, 4.69) is 4.74 Å². The van der Waals surface area contributed by atoms with Gasteiger partial charge in [-0.1, -0.05) is 46.4 Å². The SMILES string of the molecule is O=C1OC(=O)C2C1CC(Cl)(Cl)C2(Cl)/C(Cl)=C(/Cl)CCl. The molecule has 2 aliphatic rings. The van der Waals surface area contributed by atoms with Crippen molar-refractivity contribution < 1.29 is 14.3 Å². The fraction of sp³-hybridized carbons (Fsp3) is 0.600. The molecule has 2 fully saturated rings. The van der Waals surface area contributed by atoms with Crippen molar-refractivity contribution in [2.45, 2.75) is 15.6 Å². The Labute approximate surface area is 139 Å². The lowest BCUT2D eigenvalue weighted by Gasteiger charge is -2.34. The average Bonchev–Trinajstić information content (AvgIpc) is 2.72. The molecule has 0 aromatic carbocycles. The second kappa shape index (κ2) is 5.11. The molecule has 0 bridgehead atoms. The highest BCUT2D eigenvalue weighted by Crippen LogP contribution is 2.64. The topological polar surface area (TPSA) is 43.4 Å². The number of alkyl halides is 4. The first-order valence-corrected chi connectivity index (χ1v) is 7.52. The quantitative estimate of drug-likeness (QED) is 0.412. The number of fused-ring (bicyclic) bond motifs is 1. The van der Waals surface area contributed by atoms with Gasteiger partial charge in [0.1, 0.15) is 9.21 Å². The third kappa shape index (κ3) is 2.18. The molecule has 0 N–H and O–H groups in total. The van der Waals surface area contributed by atoms with Gasteiger partial charge in [-0.2, -0.15) is 0 Å². The van der Waals surface area contributed by atoms with Crippen molar-refractivity contribution in [3.05, 3.63) is 10.1 Å². The zero-order chi connectivity index (χ0) is 14.6. The van der Waals surface area contributed by atoms with Crippen LogP contribution in [0.1, 0.15) is 6.42 Å². The van der Waals surface area contributed by atoms with Gasteiger partial charge < -0.3 is 4.74 Å². The first-order chi connectivity index (χ1) is 8.66. The number of allylic oxidation sites excluding steroid dienone is 2. The molecular weight excluding hydrogens is 381 g/mol. The van der Waals surface area contributed by atoms with E-state index in [0.717, 1.165) is 0 Å². The predicted octanol–water partition coefficient (Wildman–Crippen LogP) is 3.79. The summed E-state index contributed by atoms with van der Waals surface area (Å²) >= 11 is 36.2. The minimum absolute atomic E-state index is 0.0109. The monoisotopic (exact) mass is 384 g/mol. The van der Waals surface area contributed by atoms with Gasteiger partial charge >= 0.3 is 11.9 Å². The van der Waals surface area contributed by atoms with E-state index < -0.39 is 33.0 Å². The van der Waals surface area contributed by atoms with Crippen LogP contribution in [0.5, 0.6) is 0 Å². The summed E-state index contributed by atoms with van der Waals surface area (Å²) in [5.41, 5.74) is 0. The molecular formula is C10H6Cl6O3. The molecule has 1 aliphatic carbocycles. The van der Waals surface area contributed by atoms with E-state index in [1.54, 1.807) is 0 Å². The Morgan fingerprint density at radius 2 is 1.79 bits per heavy atom. The zero-order valence-electron chi connectivity index (χ0n) is 9.06. The van der Waals surface area contributed by atoms with Crippen LogP contribution in [0, 0.1) is 11.8 Å². The predicted molar refractivity (Wildman–Crippen MR) is 75.2 cm³/mol. The van der Waals surface area contributed by atoms with Gasteiger partial charge in [-0.3, -0.25) is 9.59 Å². The molecule has 1 heterocycles. The third-order valence-corrected chi connectivity index (χ3v) is 6.56. The van der Waals surface area contributed by atoms with Gasteiger partial charge in [0.05, 0.1) is 22.7 Å². The molecule has 0 aromatic heterocycles. The maximum atomic E-state index is 11.8. The van der Waals surface area contributed by atoms with Crippen molar-refractivity contribution in [1.29, 1.82) is 0 Å². The lowest BCUT2D eigenvalue weighted by molar-refractivity contribution is -0.154. The normalized spacial score (nSPS) is 38.0. The Hall–Kier alpha value is 0.620. The molecule has 9 heteroatoms. The molecule has 3 nitrogen and oxygen atoms in total. The zero-order valence-corrected chi connectivity index (χ0v) is 13.6. The number of halogens is 6. The van der Waals surface area contributed by atoms with Crippen LogP contribution in [0.15, 0.2) is 10.1 Å². The maximum absolute atomic E-state index is 11.8. The second-order valence-electron chi connectivity index (χ2n) is 4.30. The fourth-order valence-electron chi connectivity index (χ4n) is 2.38. The number of hydrogen-bond acceptors (Lipinski definition) is 3. The van der Waals surface area contributed by atoms with Crippen molar-refractivity contribution in [3.8, 4) is 0 Å². The highest BCUT2D eigenvalue weighted by atomic mass is 35.5. The van der Waals surface area contributed by atoms with Crippen LogP contribution in [0.25, 0.3) is 0 Å². The van der Waals surface area contributed by atoms with E-state index in [9.17, 15) is 9.59 Å². The van der Waals surface area contributed by atoms with Gasteiger partial charge in [-0.15, -0.1) is 23.2 Å². The molecule has 0 amide bonds. The van der Waals surface area contributed by atoms with E-state index in [4.69, 9.17) is 69.6 Å². The summed E-state index contributed by atoms with van der Waals surface area (Å²) in [6.07, 6.45) is -0.0580. The van der Waals surface area contributed by atoms with Gasteiger partial charge in [-0.05, 0) is 6.42 Å². The summed E-state index contributed by atoms with van der Waals surface area (Å²) in [6, 6.07) is 0. The highest BCUT2D eigenvalue weighted by Gasteiger charge is 2.72. The number of cyclic esters (lactones) is 2. The van der Waals surface area contributed by atoms with E-state index in [0.29, 0.717) is 0 Å². The number of ether oxygens (including phenoxy) is 1. The van der Waals surface area contributed by atoms with E-state index in [1.165, 1.54) is 0 Å². The van der Waals surface area contributed by atoms with Crippen molar-refractivity contribution in [2.24, 2.45) is 11.8 Å². The van der Waals surface area contributed by atoms with Crippen LogP contribution in [-0.2, 0) is 14.3 Å². The van der Waals surface area contributed by atoms with Gasteiger partial charge in [-0.25, -0.2) is 0 Å². The van der Waals surface area contributed by atoms with Crippen LogP contribution in [0.2, 0.25) is 0 Å². The van der Waals surface area contributed by atoms with Gasteiger partial charge in [0.15, 0.2) is 0 Å². The van der Waals surface area contributed by atoms with Gasteiger partial charge in [0, 0.05) is 5.03 Å². The molecule has 3 atom stereocenters. The number of hydrogen-bond donors (Lipinski definition) is 0. The van der Waals surface area contributed by atoms with Crippen LogP contribution >= 0.6 is 69.6 Å². The van der Waals surface area contributed by atoms with Crippen molar-refractivity contribution in [3.63, 3.8) is 0 Å². The molecule has 0 aromatic rings. The largest absolute Gasteiger partial charge is 0.393 e. The maximum Gasteiger partial charge on any atom is 0.319 e. The van der Waals surface area contributed by atoms with Crippen LogP contribution < -0.4 is 0 Å². The first-order valence-electron chi connectivity index (χ1n) is 5.09. The number of carbonyl (C=O) groups is 2. The van der Waals surface area contributed by atoms with Crippen molar-refractivity contribution in [1.82, 2.24) is 0 Å². The third-order valence-electron chi connectivity index (χ3n) is 3.27. The molecule has 3 unspecified atom stereocenters. The Bertz CT molecular complexity index is 488. The van der Waals surface area contributed by atoms with Crippen molar-refractivity contribution >= 4 is 81.5 Å². The molecule has 1 aliphatic heterocycles. The molecule has 106 valence electrons. The molecule has 2 rings (SSSR count). The Balaban J connectivity index is 2.59. The number of esters is 2. The summed E-state index contributed by atoms with van der Waals surface area (Å²) in [5, 5.41) is -0.133. The number of rotatable bonds is 2. The molecule has 19 heavy (non-hydrogen) atoms. The van der Waals surface area contributed by atoms with E-state index in [-0.39, 0.29) is 22.4 Å². The van der Waals surface area contributed by atoms with Crippen LogP contribution in [0.3, 0.4) is 0 Å². The Morgan fingerprint density at radius 1 is 1.21 bits per heavy atom. The Morgan fingerprint density at radius 3 is 2.32 bits per heavy atom. The first kappa shape index (κ1) is 16.0. The summed E-state index contributed by atoms with van der Waals surface area (Å²) in [5.74, 6) is -3.58. The summed E-state index contributed by atoms with van der Waals surface area (Å²) in [7, 11) is 0. The fourth-order valence-corrected chi connectivity index (χ4v) is 4.42. The van der Waals surface area contributed by atoms with E-state index >= 15 is 0 Å². The van der Waals surface area contributed by atoms with E-state index in [1.807, 2.05) is 0 Å². The summed E-state index contributed by atoms with van der Waals surface area (Å²) < 4.78 is 2.91. The molecule has 0 radical (unpaired) electrons. The smallest absolute Gasteiger partial charge is 0.319 e. The highest BCUT2D eigenvalue weighted by molar-refractivity contribution is 6.58. The van der Waals surface area contributed by atoms with Gasteiger partial charge in [0.2, 0.25) is 0 Å². The van der Waals surface area contributed by atoms with Gasteiger partial charge in [0.25, 0.3) is 0 Å². The minimum atomic E-state index is -1.74. The lowest BCUT2D eigenvalue weighted by Crippen LogP contribution is -2.44. The average molecular weight is 387 g/mol.